The monoisotopic (exact) mass is 201 g/mol. The van der Waals surface area contributed by atoms with Crippen molar-refractivity contribution in [3.63, 3.8) is 0 Å². The standard InChI is InChI=1S/C8H11NO3S/c9-7(8(11)12)5-13(6-10)3-1-2-4-13/h1-4,6-7H,5,9H2,(H,11,12)/t7-/m0/s1. The first-order valence-corrected chi connectivity index (χ1v) is 5.68. The predicted molar refractivity (Wildman–Crippen MR) is 53.1 cm³/mol. The van der Waals surface area contributed by atoms with Crippen LogP contribution in [-0.4, -0.2) is 28.5 Å². The van der Waals surface area contributed by atoms with Gasteiger partial charge in [0.05, 0.1) is 0 Å². The number of rotatable bonds is 4. The van der Waals surface area contributed by atoms with E-state index in [0.29, 0.717) is 0 Å². The molecule has 0 saturated heterocycles. The van der Waals surface area contributed by atoms with E-state index >= 15 is 0 Å². The lowest BCUT2D eigenvalue weighted by Crippen LogP contribution is -2.35. The summed E-state index contributed by atoms with van der Waals surface area (Å²) >= 11 is 0. The molecule has 0 aliphatic carbocycles. The second kappa shape index (κ2) is 3.76. The summed E-state index contributed by atoms with van der Waals surface area (Å²) in [5.41, 5.74) is 6.15. The lowest BCUT2D eigenvalue weighted by Gasteiger charge is -2.25. The van der Waals surface area contributed by atoms with Gasteiger partial charge in [-0.05, 0) is 10.8 Å². The molecule has 5 heteroatoms. The molecule has 72 valence electrons. The molecule has 0 bridgehead atoms. The Morgan fingerprint density at radius 1 is 1.54 bits per heavy atom. The number of carboxylic acid groups (broad SMARTS) is 1. The Balaban J connectivity index is 2.70. The third-order valence-electron chi connectivity index (χ3n) is 1.74. The molecule has 0 amide bonds. The zero-order valence-corrected chi connectivity index (χ0v) is 7.74. The van der Waals surface area contributed by atoms with Crippen LogP contribution in [-0.2, 0) is 9.59 Å². The molecule has 0 fully saturated rings. The molecule has 0 unspecified atom stereocenters. The fourth-order valence-corrected chi connectivity index (χ4v) is 3.08. The third-order valence-corrected chi connectivity index (χ3v) is 4.36. The van der Waals surface area contributed by atoms with Crippen molar-refractivity contribution in [2.24, 2.45) is 5.73 Å². The average Bonchev–Trinajstić information content (AvgIpc) is 2.54. The predicted octanol–water partition coefficient (Wildman–Crippen LogP) is 0.434. The highest BCUT2D eigenvalue weighted by atomic mass is 32.3. The van der Waals surface area contributed by atoms with Crippen molar-refractivity contribution in [2.75, 3.05) is 5.75 Å². The Bertz CT molecular complexity index is 273. The van der Waals surface area contributed by atoms with Crippen LogP contribution in [0.5, 0.6) is 0 Å². The van der Waals surface area contributed by atoms with E-state index in [-0.39, 0.29) is 5.75 Å². The number of aliphatic carboxylic acids is 1. The van der Waals surface area contributed by atoms with Crippen molar-refractivity contribution in [2.45, 2.75) is 6.04 Å². The van der Waals surface area contributed by atoms with Crippen LogP contribution in [0, 0.1) is 0 Å². The number of carboxylic acids is 1. The molecule has 4 nitrogen and oxygen atoms in total. The molecule has 13 heavy (non-hydrogen) atoms. The minimum Gasteiger partial charge on any atom is -0.480 e. The Labute approximate surface area is 77.4 Å². The van der Waals surface area contributed by atoms with Crippen LogP contribution in [0.25, 0.3) is 0 Å². The highest BCUT2D eigenvalue weighted by molar-refractivity contribution is 8.48. The molecule has 3 N–H and O–H groups in total. The van der Waals surface area contributed by atoms with Crippen LogP contribution in [0.3, 0.4) is 0 Å². The van der Waals surface area contributed by atoms with Gasteiger partial charge in [0.25, 0.3) is 0 Å². The zero-order chi connectivity index (χ0) is 9.90. The normalized spacial score (nSPS) is 22.5. The first-order chi connectivity index (χ1) is 6.09. The van der Waals surface area contributed by atoms with E-state index in [1.807, 2.05) is 0 Å². The van der Waals surface area contributed by atoms with Gasteiger partial charge in [0.15, 0.2) is 5.62 Å². The topological polar surface area (TPSA) is 80.4 Å². The minimum absolute atomic E-state index is 0.193. The third kappa shape index (κ3) is 2.19. The van der Waals surface area contributed by atoms with Crippen molar-refractivity contribution in [3.8, 4) is 0 Å². The van der Waals surface area contributed by atoms with Gasteiger partial charge >= 0.3 is 5.97 Å². The Kier molecular flexibility index (Phi) is 2.90. The number of carbonyl (C=O) groups is 2. The molecule has 1 rings (SSSR count). The van der Waals surface area contributed by atoms with Gasteiger partial charge in [-0.3, -0.25) is 9.59 Å². The maximum atomic E-state index is 10.8. The molecule has 1 atom stereocenters. The molecule has 0 aromatic rings. The summed E-state index contributed by atoms with van der Waals surface area (Å²) in [6.45, 7) is 0. The van der Waals surface area contributed by atoms with E-state index in [2.05, 4.69) is 0 Å². The fourth-order valence-electron chi connectivity index (χ4n) is 1.03. The van der Waals surface area contributed by atoms with Crippen LogP contribution in [0.1, 0.15) is 0 Å². The molecule has 0 radical (unpaired) electrons. The van der Waals surface area contributed by atoms with Gasteiger partial charge in [-0.25, -0.2) is 0 Å². The summed E-state index contributed by atoms with van der Waals surface area (Å²) < 4.78 is 0. The lowest BCUT2D eigenvalue weighted by molar-refractivity contribution is -0.137. The summed E-state index contributed by atoms with van der Waals surface area (Å²) in [6.07, 6.45) is 3.50. The molecule has 0 saturated carbocycles. The molecule has 0 aromatic heterocycles. The molecule has 1 aliphatic heterocycles. The lowest BCUT2D eigenvalue weighted by atomic mass is 10.4. The van der Waals surface area contributed by atoms with Gasteiger partial charge in [-0.1, -0.05) is 12.2 Å². The van der Waals surface area contributed by atoms with Crippen LogP contribution >= 0.6 is 10.0 Å². The van der Waals surface area contributed by atoms with Crippen molar-refractivity contribution >= 4 is 21.6 Å². The Morgan fingerprint density at radius 3 is 2.46 bits per heavy atom. The molecule has 1 aliphatic rings. The summed E-state index contributed by atoms with van der Waals surface area (Å²) in [7, 11) is -1.69. The van der Waals surface area contributed by atoms with Crippen molar-refractivity contribution in [1.82, 2.24) is 0 Å². The van der Waals surface area contributed by atoms with Crippen molar-refractivity contribution < 1.29 is 14.7 Å². The number of nitrogens with two attached hydrogens (primary N) is 1. The van der Waals surface area contributed by atoms with E-state index in [1.54, 1.807) is 23.0 Å². The molecule has 1 heterocycles. The largest absolute Gasteiger partial charge is 0.480 e. The van der Waals surface area contributed by atoms with E-state index in [0.717, 1.165) is 5.62 Å². The summed E-state index contributed by atoms with van der Waals surface area (Å²) in [5, 5.41) is 12.1. The van der Waals surface area contributed by atoms with Gasteiger partial charge < -0.3 is 10.8 Å². The zero-order valence-electron chi connectivity index (χ0n) is 6.92. The first-order valence-electron chi connectivity index (χ1n) is 3.69. The molecular weight excluding hydrogens is 190 g/mol. The highest BCUT2D eigenvalue weighted by Gasteiger charge is 2.25. The SMILES string of the molecule is N[C@@H](CS1(C=O)C=CC=C1)C(=O)O. The van der Waals surface area contributed by atoms with Gasteiger partial charge in [0.1, 0.15) is 6.04 Å². The van der Waals surface area contributed by atoms with Crippen molar-refractivity contribution in [1.29, 1.82) is 0 Å². The number of carbonyl (C=O) groups excluding carboxylic acids is 1. The van der Waals surface area contributed by atoms with Gasteiger partial charge in [0, 0.05) is 5.75 Å². The highest BCUT2D eigenvalue weighted by Crippen LogP contribution is 2.51. The summed E-state index contributed by atoms with van der Waals surface area (Å²) in [4.78, 5) is 21.2. The van der Waals surface area contributed by atoms with Crippen LogP contribution in [0.15, 0.2) is 23.0 Å². The molecule has 0 aromatic carbocycles. The Hall–Kier alpha value is -1.07. The number of allylic oxidation sites excluding steroid dienone is 2. The van der Waals surface area contributed by atoms with Gasteiger partial charge in [-0.2, -0.15) is 0 Å². The average molecular weight is 201 g/mol. The van der Waals surface area contributed by atoms with Crippen LogP contribution < -0.4 is 5.73 Å². The molecular formula is C8H11NO3S. The summed E-state index contributed by atoms with van der Waals surface area (Å²) in [6, 6.07) is -0.965. The van der Waals surface area contributed by atoms with E-state index < -0.39 is 22.0 Å². The fraction of sp³-hybridized carbons (Fsp3) is 0.250. The Morgan fingerprint density at radius 2 is 2.08 bits per heavy atom. The van der Waals surface area contributed by atoms with Crippen LogP contribution in [0.2, 0.25) is 0 Å². The number of hydrogen-bond acceptors (Lipinski definition) is 3. The maximum absolute atomic E-state index is 10.8. The minimum atomic E-state index is -1.69. The van der Waals surface area contributed by atoms with Gasteiger partial charge in [0.2, 0.25) is 0 Å². The second-order valence-corrected chi connectivity index (χ2v) is 5.66. The quantitative estimate of drug-likeness (QED) is 0.646. The van der Waals surface area contributed by atoms with Crippen molar-refractivity contribution in [3.05, 3.63) is 23.0 Å². The van der Waals surface area contributed by atoms with Crippen LogP contribution in [0.4, 0.5) is 0 Å². The number of hydrogen-bond donors (Lipinski definition) is 2. The first kappa shape index (κ1) is 10.0. The van der Waals surface area contributed by atoms with E-state index in [1.165, 1.54) is 0 Å². The van der Waals surface area contributed by atoms with E-state index in [9.17, 15) is 9.59 Å². The molecule has 0 spiro atoms. The van der Waals surface area contributed by atoms with Gasteiger partial charge in [-0.15, -0.1) is 10.0 Å². The second-order valence-electron chi connectivity index (χ2n) is 2.77. The maximum Gasteiger partial charge on any atom is 0.321 e. The summed E-state index contributed by atoms with van der Waals surface area (Å²) in [5.74, 6) is -0.874. The smallest absolute Gasteiger partial charge is 0.321 e. The van der Waals surface area contributed by atoms with E-state index in [4.69, 9.17) is 10.8 Å².